The minimum Gasteiger partial charge on any atom is -0.454 e. The van der Waals surface area contributed by atoms with E-state index >= 15 is 0 Å². The predicted molar refractivity (Wildman–Crippen MR) is 101 cm³/mol. The summed E-state index contributed by atoms with van der Waals surface area (Å²) in [5.41, 5.74) is -0.154. The summed E-state index contributed by atoms with van der Waals surface area (Å²) >= 11 is 0. The molecule has 2 aromatic carbocycles. The highest BCUT2D eigenvalue weighted by molar-refractivity contribution is 7.96. The number of nitrogens with one attached hydrogen (secondary N) is 1. The van der Waals surface area contributed by atoms with Crippen molar-refractivity contribution in [2.75, 3.05) is 23.6 Å². The normalized spacial score (nSPS) is 19.8. The van der Waals surface area contributed by atoms with Gasteiger partial charge in [0.25, 0.3) is 5.91 Å². The van der Waals surface area contributed by atoms with Gasteiger partial charge in [-0.25, -0.2) is 21.2 Å². The Hall–Kier alpha value is -2.66. The van der Waals surface area contributed by atoms with Crippen LogP contribution in [-0.4, -0.2) is 46.3 Å². The average molecular weight is 441 g/mol. The van der Waals surface area contributed by atoms with Crippen LogP contribution in [0.3, 0.4) is 0 Å². The Balaban J connectivity index is 1.60. The molecule has 11 heteroatoms. The van der Waals surface area contributed by atoms with E-state index < -0.39 is 48.0 Å². The van der Waals surface area contributed by atoms with Gasteiger partial charge in [0, 0.05) is 11.8 Å². The molecular formula is C18H16FNO7S2. The molecule has 154 valence electrons. The van der Waals surface area contributed by atoms with E-state index in [-0.39, 0.29) is 23.9 Å². The van der Waals surface area contributed by atoms with E-state index in [1.807, 2.05) is 0 Å². The molecule has 0 radical (unpaired) electrons. The third-order valence-corrected chi connectivity index (χ3v) is 8.94. The molecule has 0 spiro atoms. The first kappa shape index (κ1) is 19.6. The highest BCUT2D eigenvalue weighted by Gasteiger charge is 2.38. The van der Waals surface area contributed by atoms with Gasteiger partial charge in [0.2, 0.25) is 6.79 Å². The quantitative estimate of drug-likeness (QED) is 0.719. The van der Waals surface area contributed by atoms with Crippen molar-refractivity contribution in [1.29, 1.82) is 0 Å². The molecule has 2 aliphatic rings. The van der Waals surface area contributed by atoms with Crippen LogP contribution in [0.25, 0.3) is 0 Å². The van der Waals surface area contributed by atoms with Crippen molar-refractivity contribution in [2.45, 2.75) is 16.6 Å². The fourth-order valence-corrected chi connectivity index (χ4v) is 7.61. The van der Waals surface area contributed by atoms with Crippen molar-refractivity contribution in [3.05, 3.63) is 47.8 Å². The second-order valence-corrected chi connectivity index (χ2v) is 11.2. The van der Waals surface area contributed by atoms with Gasteiger partial charge < -0.3 is 14.8 Å². The fourth-order valence-electron chi connectivity index (χ4n) is 3.23. The van der Waals surface area contributed by atoms with Crippen LogP contribution in [0.15, 0.2) is 41.3 Å². The van der Waals surface area contributed by atoms with Gasteiger partial charge in [-0.2, -0.15) is 0 Å². The number of rotatable bonds is 4. The summed E-state index contributed by atoms with van der Waals surface area (Å²) in [4.78, 5) is 12.2. The Morgan fingerprint density at radius 1 is 1.10 bits per heavy atom. The predicted octanol–water partition coefficient (Wildman–Crippen LogP) is 1.77. The van der Waals surface area contributed by atoms with E-state index in [9.17, 15) is 26.0 Å². The van der Waals surface area contributed by atoms with Gasteiger partial charge in [0.15, 0.2) is 31.2 Å². The van der Waals surface area contributed by atoms with Crippen LogP contribution < -0.4 is 14.8 Å². The van der Waals surface area contributed by atoms with Crippen LogP contribution in [-0.2, 0) is 19.7 Å². The van der Waals surface area contributed by atoms with Gasteiger partial charge >= 0.3 is 0 Å². The second-order valence-electron chi connectivity index (χ2n) is 6.73. The highest BCUT2D eigenvalue weighted by Crippen LogP contribution is 2.34. The molecule has 1 fully saturated rings. The van der Waals surface area contributed by atoms with Crippen LogP contribution in [0.5, 0.6) is 11.5 Å². The number of hydrogen-bond donors (Lipinski definition) is 1. The number of sulfone groups is 2. The van der Waals surface area contributed by atoms with E-state index in [4.69, 9.17) is 9.47 Å². The molecule has 1 atom stereocenters. The first-order chi connectivity index (χ1) is 13.7. The lowest BCUT2D eigenvalue weighted by Gasteiger charge is -2.12. The van der Waals surface area contributed by atoms with Crippen molar-refractivity contribution < 1.29 is 35.5 Å². The Morgan fingerprint density at radius 3 is 2.59 bits per heavy atom. The molecule has 0 bridgehead atoms. The number of carbonyl (C=O) groups excluding carboxylic acids is 1. The number of anilines is 1. The zero-order valence-corrected chi connectivity index (χ0v) is 16.6. The van der Waals surface area contributed by atoms with Gasteiger partial charge in [-0.3, -0.25) is 4.79 Å². The van der Waals surface area contributed by atoms with E-state index in [1.165, 1.54) is 12.1 Å². The molecule has 0 aromatic heterocycles. The Kier molecular flexibility index (Phi) is 4.74. The summed E-state index contributed by atoms with van der Waals surface area (Å²) in [6, 6.07) is 7.46. The number of hydrogen-bond acceptors (Lipinski definition) is 7. The summed E-state index contributed by atoms with van der Waals surface area (Å²) in [7, 11) is -7.45. The van der Waals surface area contributed by atoms with Gasteiger partial charge in [-0.15, -0.1) is 0 Å². The largest absolute Gasteiger partial charge is 0.454 e. The zero-order chi connectivity index (χ0) is 20.8. The minimum absolute atomic E-state index is 0.0270. The van der Waals surface area contributed by atoms with Crippen LogP contribution in [0.4, 0.5) is 10.1 Å². The number of fused-ring (bicyclic) bond motifs is 1. The van der Waals surface area contributed by atoms with Crippen molar-refractivity contribution >= 4 is 31.3 Å². The van der Waals surface area contributed by atoms with Crippen molar-refractivity contribution in [3.8, 4) is 11.5 Å². The van der Waals surface area contributed by atoms with E-state index in [0.29, 0.717) is 17.2 Å². The first-order valence-electron chi connectivity index (χ1n) is 8.61. The summed E-state index contributed by atoms with van der Waals surface area (Å²) in [5, 5.41) is 1.38. The van der Waals surface area contributed by atoms with Crippen molar-refractivity contribution in [1.82, 2.24) is 0 Å². The SMILES string of the molecule is O=C(Nc1ccc2c(c1)OCO2)c1cc(S(=O)(=O)[C@@H]2CCS(=O)(=O)C2)ccc1F. The van der Waals surface area contributed by atoms with Gasteiger partial charge in [-0.05, 0) is 36.8 Å². The monoisotopic (exact) mass is 441 g/mol. The molecule has 0 aliphatic carbocycles. The number of benzene rings is 2. The number of amides is 1. The molecule has 0 unspecified atom stereocenters. The number of carbonyl (C=O) groups is 1. The molecule has 2 aliphatic heterocycles. The van der Waals surface area contributed by atoms with E-state index in [0.717, 1.165) is 18.2 Å². The van der Waals surface area contributed by atoms with Crippen molar-refractivity contribution in [2.24, 2.45) is 0 Å². The number of halogens is 1. The topological polar surface area (TPSA) is 116 Å². The maximum Gasteiger partial charge on any atom is 0.258 e. The third kappa shape index (κ3) is 3.79. The average Bonchev–Trinajstić information content (AvgIpc) is 3.27. The molecule has 2 aromatic rings. The lowest BCUT2D eigenvalue weighted by atomic mass is 10.2. The Morgan fingerprint density at radius 2 is 1.86 bits per heavy atom. The minimum atomic E-state index is -4.03. The summed E-state index contributed by atoms with van der Waals surface area (Å²) < 4.78 is 73.4. The summed E-state index contributed by atoms with van der Waals surface area (Å²) in [6.07, 6.45) is -0.0270. The van der Waals surface area contributed by atoms with Gasteiger partial charge in [0.05, 0.1) is 27.2 Å². The third-order valence-electron chi connectivity index (χ3n) is 4.77. The molecule has 8 nitrogen and oxygen atoms in total. The lowest BCUT2D eigenvalue weighted by molar-refractivity contribution is 0.102. The van der Waals surface area contributed by atoms with Crippen LogP contribution in [0.2, 0.25) is 0 Å². The van der Waals surface area contributed by atoms with Gasteiger partial charge in [0.1, 0.15) is 5.82 Å². The smallest absolute Gasteiger partial charge is 0.258 e. The van der Waals surface area contributed by atoms with E-state index in [2.05, 4.69) is 5.32 Å². The maximum atomic E-state index is 14.2. The van der Waals surface area contributed by atoms with Crippen molar-refractivity contribution in [3.63, 3.8) is 0 Å². The molecule has 4 rings (SSSR count). The lowest BCUT2D eigenvalue weighted by Crippen LogP contribution is -2.23. The summed E-state index contributed by atoms with van der Waals surface area (Å²) in [6.45, 7) is 0.0537. The molecule has 1 saturated heterocycles. The second kappa shape index (κ2) is 6.99. The molecule has 1 amide bonds. The van der Waals surface area contributed by atoms with E-state index in [1.54, 1.807) is 6.07 Å². The molecule has 1 N–H and O–H groups in total. The molecule has 29 heavy (non-hydrogen) atoms. The standard InChI is InChI=1S/C18H16FNO7S2/c19-15-3-2-12(29(24,25)13-5-6-28(22,23)9-13)8-14(15)18(21)20-11-1-4-16-17(7-11)27-10-26-16/h1-4,7-8,13H,5-6,9-10H2,(H,20,21)/t13-/m1/s1. The van der Waals surface area contributed by atoms with Crippen LogP contribution >= 0.6 is 0 Å². The van der Waals surface area contributed by atoms with Crippen LogP contribution in [0, 0.1) is 5.82 Å². The summed E-state index contributed by atoms with van der Waals surface area (Å²) in [5.74, 6) is -1.52. The van der Waals surface area contributed by atoms with Crippen LogP contribution in [0.1, 0.15) is 16.8 Å². The maximum absolute atomic E-state index is 14.2. The molecule has 0 saturated carbocycles. The molecule has 2 heterocycles. The fraction of sp³-hybridized carbons (Fsp3) is 0.278. The van der Waals surface area contributed by atoms with Gasteiger partial charge in [-0.1, -0.05) is 0 Å². The first-order valence-corrected chi connectivity index (χ1v) is 12.0. The Bertz CT molecular complexity index is 1210. The zero-order valence-electron chi connectivity index (χ0n) is 14.9. The number of ether oxygens (including phenoxy) is 2. The molecular weight excluding hydrogens is 425 g/mol. The highest BCUT2D eigenvalue weighted by atomic mass is 32.2. The Labute approximate surface area is 166 Å².